The van der Waals surface area contributed by atoms with Crippen LogP contribution in [0.25, 0.3) is 65.7 Å². The first kappa shape index (κ1) is 22.3. The van der Waals surface area contributed by atoms with Crippen molar-refractivity contribution in [2.75, 3.05) is 0 Å². The summed E-state index contributed by atoms with van der Waals surface area (Å²) < 4.78 is 0. The molecule has 0 saturated carbocycles. The Bertz CT molecular complexity index is 2080. The highest BCUT2D eigenvalue weighted by Gasteiger charge is 2.35. The third-order valence-corrected chi connectivity index (χ3v) is 8.87. The van der Waals surface area contributed by atoms with Crippen LogP contribution in [-0.4, -0.2) is 0 Å². The Morgan fingerprint density at radius 1 is 0.359 bits per heavy atom. The van der Waals surface area contributed by atoms with E-state index in [0.717, 1.165) is 0 Å². The van der Waals surface area contributed by atoms with Crippen molar-refractivity contribution in [2.45, 2.75) is 19.3 Å². The van der Waals surface area contributed by atoms with Crippen LogP contribution < -0.4 is 0 Å². The SMILES string of the molecule is CC1(C)c2ccccc2-c2c3ccccc3c(-c3ccc(-c4ccccc4)c4ccccc34)c3cccc1c23. The highest BCUT2D eigenvalue weighted by Crippen LogP contribution is 2.54. The third-order valence-electron chi connectivity index (χ3n) is 8.87. The molecule has 0 bridgehead atoms. The topological polar surface area (TPSA) is 0 Å². The second-order valence-electron chi connectivity index (χ2n) is 11.3. The molecule has 7 aromatic carbocycles. The van der Waals surface area contributed by atoms with E-state index in [1.807, 2.05) is 0 Å². The van der Waals surface area contributed by atoms with E-state index < -0.39 is 0 Å². The standard InChI is InChI=1S/C39H28/c1-39(2)34-21-11-10-19-32(34)37-30-18-9-8-17-29(30)36(33-20-12-22-35(39)38(33)37)31-24-23-26(25-13-4-3-5-14-25)27-15-6-7-16-28(27)31/h3-24H,1-2H3. The molecular weight excluding hydrogens is 468 g/mol. The third kappa shape index (κ3) is 3.06. The fourth-order valence-corrected chi connectivity index (χ4v) is 7.10. The van der Waals surface area contributed by atoms with Crippen molar-refractivity contribution in [3.8, 4) is 33.4 Å². The lowest BCUT2D eigenvalue weighted by molar-refractivity contribution is 0.645. The van der Waals surface area contributed by atoms with Crippen LogP contribution in [-0.2, 0) is 5.41 Å². The molecule has 0 heteroatoms. The summed E-state index contributed by atoms with van der Waals surface area (Å²) in [5, 5.41) is 7.94. The maximum absolute atomic E-state index is 2.38. The van der Waals surface area contributed by atoms with Crippen molar-refractivity contribution < 1.29 is 0 Å². The van der Waals surface area contributed by atoms with Gasteiger partial charge in [-0.3, -0.25) is 0 Å². The summed E-state index contributed by atoms with van der Waals surface area (Å²) >= 11 is 0. The largest absolute Gasteiger partial charge is 0.0622 e. The van der Waals surface area contributed by atoms with Crippen molar-refractivity contribution in [3.63, 3.8) is 0 Å². The van der Waals surface area contributed by atoms with E-state index in [1.54, 1.807) is 0 Å². The highest BCUT2D eigenvalue weighted by molar-refractivity contribution is 6.25. The Balaban J connectivity index is 1.56. The van der Waals surface area contributed by atoms with Gasteiger partial charge in [-0.05, 0) is 76.8 Å². The minimum Gasteiger partial charge on any atom is -0.0622 e. The number of benzene rings is 7. The molecule has 0 heterocycles. The van der Waals surface area contributed by atoms with Gasteiger partial charge < -0.3 is 0 Å². The lowest BCUT2D eigenvalue weighted by atomic mass is 9.67. The Morgan fingerprint density at radius 2 is 0.897 bits per heavy atom. The molecule has 0 aliphatic heterocycles. The Labute approximate surface area is 229 Å². The predicted molar refractivity (Wildman–Crippen MR) is 167 cm³/mol. The van der Waals surface area contributed by atoms with Gasteiger partial charge in [0, 0.05) is 5.41 Å². The molecule has 0 unspecified atom stereocenters. The van der Waals surface area contributed by atoms with Crippen molar-refractivity contribution in [2.24, 2.45) is 0 Å². The average molecular weight is 497 g/mol. The fraction of sp³-hybridized carbons (Fsp3) is 0.0769. The smallest absolute Gasteiger partial charge is 0.0159 e. The van der Waals surface area contributed by atoms with Crippen LogP contribution in [0.15, 0.2) is 133 Å². The van der Waals surface area contributed by atoms with Crippen LogP contribution in [0.2, 0.25) is 0 Å². The lowest BCUT2D eigenvalue weighted by Crippen LogP contribution is -2.23. The zero-order chi connectivity index (χ0) is 26.1. The van der Waals surface area contributed by atoms with Gasteiger partial charge in [-0.2, -0.15) is 0 Å². The van der Waals surface area contributed by atoms with E-state index in [2.05, 4.69) is 147 Å². The van der Waals surface area contributed by atoms with Crippen LogP contribution in [0.4, 0.5) is 0 Å². The van der Waals surface area contributed by atoms with Gasteiger partial charge in [0.05, 0.1) is 0 Å². The molecule has 0 aromatic heterocycles. The normalized spacial score (nSPS) is 13.6. The summed E-state index contributed by atoms with van der Waals surface area (Å²) in [4.78, 5) is 0. The zero-order valence-electron chi connectivity index (χ0n) is 22.2. The first-order chi connectivity index (χ1) is 19.1. The Kier molecular flexibility index (Phi) is 4.67. The zero-order valence-corrected chi connectivity index (χ0v) is 22.2. The number of hydrogen-bond donors (Lipinski definition) is 0. The molecule has 0 nitrogen and oxygen atoms in total. The second-order valence-corrected chi connectivity index (χ2v) is 11.3. The minimum absolute atomic E-state index is 0.0813. The first-order valence-corrected chi connectivity index (χ1v) is 13.8. The molecular formula is C39H28. The summed E-state index contributed by atoms with van der Waals surface area (Å²) in [5.74, 6) is 0. The molecule has 0 spiro atoms. The molecule has 1 aliphatic rings. The van der Waals surface area contributed by atoms with Gasteiger partial charge in [0.15, 0.2) is 0 Å². The van der Waals surface area contributed by atoms with Crippen LogP contribution in [0.5, 0.6) is 0 Å². The molecule has 0 atom stereocenters. The maximum atomic E-state index is 2.38. The average Bonchev–Trinajstić information content (AvgIpc) is 2.99. The molecule has 0 amide bonds. The van der Waals surface area contributed by atoms with E-state index in [9.17, 15) is 0 Å². The molecule has 0 saturated heterocycles. The van der Waals surface area contributed by atoms with Gasteiger partial charge in [0.2, 0.25) is 0 Å². The van der Waals surface area contributed by atoms with E-state index in [0.29, 0.717) is 0 Å². The summed E-state index contributed by atoms with van der Waals surface area (Å²) in [5.41, 5.74) is 10.6. The Morgan fingerprint density at radius 3 is 1.67 bits per heavy atom. The molecule has 0 N–H and O–H groups in total. The molecule has 0 fully saturated rings. The second kappa shape index (κ2) is 8.16. The summed E-state index contributed by atoms with van der Waals surface area (Å²) in [7, 11) is 0. The van der Waals surface area contributed by atoms with Gasteiger partial charge in [-0.1, -0.05) is 147 Å². The van der Waals surface area contributed by atoms with Crippen LogP contribution in [0, 0.1) is 0 Å². The Hall–Kier alpha value is -4.68. The monoisotopic (exact) mass is 496 g/mol. The van der Waals surface area contributed by atoms with Gasteiger partial charge in [-0.25, -0.2) is 0 Å². The van der Waals surface area contributed by atoms with Gasteiger partial charge in [-0.15, -0.1) is 0 Å². The van der Waals surface area contributed by atoms with Gasteiger partial charge >= 0.3 is 0 Å². The molecule has 39 heavy (non-hydrogen) atoms. The number of fused-ring (bicyclic) bond motifs is 5. The van der Waals surface area contributed by atoms with E-state index in [1.165, 1.54) is 76.8 Å². The van der Waals surface area contributed by atoms with Crippen molar-refractivity contribution in [1.29, 1.82) is 0 Å². The summed E-state index contributed by atoms with van der Waals surface area (Å²) in [6.45, 7) is 4.75. The summed E-state index contributed by atoms with van der Waals surface area (Å²) in [6.07, 6.45) is 0. The molecule has 7 aromatic rings. The summed E-state index contributed by atoms with van der Waals surface area (Å²) in [6, 6.07) is 49.3. The van der Waals surface area contributed by atoms with E-state index in [-0.39, 0.29) is 5.41 Å². The number of hydrogen-bond acceptors (Lipinski definition) is 0. The quantitative estimate of drug-likeness (QED) is 0.209. The molecule has 184 valence electrons. The fourth-order valence-electron chi connectivity index (χ4n) is 7.10. The van der Waals surface area contributed by atoms with Crippen LogP contribution in [0.1, 0.15) is 25.0 Å². The van der Waals surface area contributed by atoms with E-state index >= 15 is 0 Å². The molecule has 8 rings (SSSR count). The minimum atomic E-state index is -0.0813. The van der Waals surface area contributed by atoms with E-state index in [4.69, 9.17) is 0 Å². The maximum Gasteiger partial charge on any atom is 0.0159 e. The van der Waals surface area contributed by atoms with Crippen LogP contribution >= 0.6 is 0 Å². The predicted octanol–water partition coefficient (Wildman–Crippen LogP) is 10.8. The molecule has 0 radical (unpaired) electrons. The number of rotatable bonds is 2. The lowest BCUT2D eigenvalue weighted by Gasteiger charge is -2.36. The first-order valence-electron chi connectivity index (χ1n) is 13.8. The van der Waals surface area contributed by atoms with Crippen molar-refractivity contribution in [1.82, 2.24) is 0 Å². The van der Waals surface area contributed by atoms with Crippen molar-refractivity contribution >= 4 is 32.3 Å². The van der Waals surface area contributed by atoms with Gasteiger partial charge in [0.1, 0.15) is 0 Å². The highest BCUT2D eigenvalue weighted by atomic mass is 14.4. The van der Waals surface area contributed by atoms with Crippen LogP contribution in [0.3, 0.4) is 0 Å². The van der Waals surface area contributed by atoms with Gasteiger partial charge in [0.25, 0.3) is 0 Å². The van der Waals surface area contributed by atoms with Crippen molar-refractivity contribution in [3.05, 3.63) is 145 Å². The molecule has 1 aliphatic carbocycles.